The van der Waals surface area contributed by atoms with Gasteiger partial charge in [0.05, 0.1) is 5.41 Å². The molecule has 1 aliphatic rings. The maximum atomic E-state index is 10.0. The third kappa shape index (κ3) is 6.15. The third-order valence-corrected chi connectivity index (χ3v) is 7.00. The number of nitrogens with zero attached hydrogens (tertiary/aromatic N) is 1. The quantitative estimate of drug-likeness (QED) is 0.0758. The second-order valence-corrected chi connectivity index (χ2v) is 9.90. The van der Waals surface area contributed by atoms with Gasteiger partial charge in [-0.1, -0.05) is 60.7 Å². The summed E-state index contributed by atoms with van der Waals surface area (Å²) in [5.74, 6) is 0.710. The highest BCUT2D eigenvalue weighted by molar-refractivity contribution is 7.94. The Bertz CT molecular complexity index is 1280. The van der Waals surface area contributed by atoms with Crippen molar-refractivity contribution in [3.05, 3.63) is 109 Å². The smallest absolute Gasteiger partial charge is 0.210 e. The molecule has 3 aromatic rings. The standard InChI is InChI=1S/C30H32N2O3S/c1-30(2)28(18-8-3-4-11-21-31-25-15-6-5-7-16-25)32(22-12-13-23-36-35-34-33)27-20-19-24-14-9-10-17-26(24)29(27)30/h3-11,14-21,33H,12-13,22-23H2,1-2H3. The summed E-state index contributed by atoms with van der Waals surface area (Å²) < 4.78 is 6.84. The fourth-order valence-electron chi connectivity index (χ4n) is 4.77. The highest BCUT2D eigenvalue weighted by atomic mass is 32.2. The van der Waals surface area contributed by atoms with Crippen molar-refractivity contribution >= 4 is 39.9 Å². The highest BCUT2D eigenvalue weighted by Gasteiger charge is 2.45. The van der Waals surface area contributed by atoms with Gasteiger partial charge in [-0.25, -0.2) is 0 Å². The van der Waals surface area contributed by atoms with Gasteiger partial charge in [-0.2, -0.15) is 8.91 Å². The molecule has 0 aliphatic carbocycles. The average molecular weight is 501 g/mol. The summed E-state index contributed by atoms with van der Waals surface area (Å²) in [5.41, 5.74) is 4.83. The van der Waals surface area contributed by atoms with Gasteiger partial charge in [0.25, 0.3) is 0 Å². The second-order valence-electron chi connectivity index (χ2n) is 9.12. The molecule has 0 saturated heterocycles. The normalized spacial score (nSPS) is 15.1. The van der Waals surface area contributed by atoms with Crippen LogP contribution in [-0.2, 0) is 14.8 Å². The lowest BCUT2D eigenvalue weighted by atomic mass is 9.79. The molecule has 0 spiro atoms. The maximum absolute atomic E-state index is 10.0. The van der Waals surface area contributed by atoms with E-state index in [-0.39, 0.29) is 5.41 Å². The SMILES string of the molecule is CC1(C)C(/C=C/C=C/C=C/Nc2ccccc2)=[N+](CCCCSOO[O-])c2ccc3ccccc3c21. The molecule has 5 nitrogen and oxygen atoms in total. The summed E-state index contributed by atoms with van der Waals surface area (Å²) in [5, 5.41) is 19.3. The van der Waals surface area contributed by atoms with Gasteiger partial charge in [-0.05, 0) is 55.3 Å². The average Bonchev–Trinajstić information content (AvgIpc) is 3.12. The van der Waals surface area contributed by atoms with Crippen LogP contribution in [0.5, 0.6) is 0 Å². The first-order valence-electron chi connectivity index (χ1n) is 12.2. The summed E-state index contributed by atoms with van der Waals surface area (Å²) in [6.45, 7) is 5.50. The number of hydrogen-bond acceptors (Lipinski definition) is 5. The molecule has 4 rings (SSSR count). The number of nitrogens with one attached hydrogen (secondary N) is 1. The number of allylic oxidation sites excluding steroid dienone is 5. The van der Waals surface area contributed by atoms with Crippen molar-refractivity contribution in [1.82, 2.24) is 0 Å². The van der Waals surface area contributed by atoms with Crippen LogP contribution in [-0.4, -0.2) is 22.6 Å². The van der Waals surface area contributed by atoms with E-state index in [0.717, 1.165) is 37.1 Å². The fourth-order valence-corrected chi connectivity index (χ4v) is 5.20. The van der Waals surface area contributed by atoms with Crippen LogP contribution in [0.15, 0.2) is 103 Å². The number of fused-ring (bicyclic) bond motifs is 3. The van der Waals surface area contributed by atoms with E-state index in [1.165, 1.54) is 27.7 Å². The molecule has 1 aliphatic heterocycles. The van der Waals surface area contributed by atoms with E-state index in [9.17, 15) is 5.26 Å². The molecule has 0 amide bonds. The Morgan fingerprint density at radius 2 is 1.69 bits per heavy atom. The van der Waals surface area contributed by atoms with Gasteiger partial charge in [0.2, 0.25) is 5.69 Å². The van der Waals surface area contributed by atoms with Gasteiger partial charge in [-0.15, -0.1) is 0 Å². The Kier molecular flexibility index (Phi) is 9.14. The lowest BCUT2D eigenvalue weighted by Crippen LogP contribution is -2.28. The van der Waals surface area contributed by atoms with Crippen molar-refractivity contribution in [2.24, 2.45) is 0 Å². The first-order chi connectivity index (χ1) is 17.6. The summed E-state index contributed by atoms with van der Waals surface area (Å²) in [6.07, 6.45) is 14.2. The molecule has 6 heteroatoms. The highest BCUT2D eigenvalue weighted by Crippen LogP contribution is 2.44. The third-order valence-electron chi connectivity index (χ3n) is 6.40. The van der Waals surface area contributed by atoms with Crippen LogP contribution in [0.3, 0.4) is 0 Å². The number of rotatable bonds is 12. The number of anilines is 1. The van der Waals surface area contributed by atoms with Gasteiger partial charge in [-0.3, -0.25) is 5.04 Å². The van der Waals surface area contributed by atoms with Gasteiger partial charge >= 0.3 is 0 Å². The molecular formula is C30H32N2O3S. The molecule has 0 atom stereocenters. The molecule has 0 saturated carbocycles. The molecule has 3 aromatic carbocycles. The number of hydrogen-bond donors (Lipinski definition) is 1. The second kappa shape index (κ2) is 12.7. The Morgan fingerprint density at radius 1 is 0.917 bits per heavy atom. The van der Waals surface area contributed by atoms with Crippen LogP contribution in [0.4, 0.5) is 11.4 Å². The van der Waals surface area contributed by atoms with Gasteiger partial charge in [0, 0.05) is 53.8 Å². The van der Waals surface area contributed by atoms with Crippen LogP contribution in [0.2, 0.25) is 0 Å². The van der Waals surface area contributed by atoms with E-state index >= 15 is 0 Å². The summed E-state index contributed by atoms with van der Waals surface area (Å²) in [6, 6.07) is 23.2. The van der Waals surface area contributed by atoms with E-state index in [0.29, 0.717) is 5.75 Å². The number of para-hydroxylation sites is 1. The van der Waals surface area contributed by atoms with Crippen molar-refractivity contribution in [1.29, 1.82) is 0 Å². The van der Waals surface area contributed by atoms with Crippen molar-refractivity contribution in [2.75, 3.05) is 17.6 Å². The minimum atomic E-state index is -0.139. The van der Waals surface area contributed by atoms with E-state index in [2.05, 4.69) is 87.7 Å². The molecule has 1 heterocycles. The number of unbranched alkanes of at least 4 members (excludes halogenated alkanes) is 1. The largest absolute Gasteiger partial charge is 0.691 e. The molecule has 0 fully saturated rings. The zero-order valence-corrected chi connectivity index (χ0v) is 21.5. The lowest BCUT2D eigenvalue weighted by molar-refractivity contribution is -0.777. The van der Waals surface area contributed by atoms with E-state index in [1.54, 1.807) is 0 Å². The minimum absolute atomic E-state index is 0.139. The summed E-state index contributed by atoms with van der Waals surface area (Å²) >= 11 is 1.05. The Morgan fingerprint density at radius 3 is 2.53 bits per heavy atom. The van der Waals surface area contributed by atoms with Crippen LogP contribution >= 0.6 is 12.0 Å². The lowest BCUT2D eigenvalue weighted by Gasteiger charge is -2.17. The van der Waals surface area contributed by atoms with Crippen molar-refractivity contribution in [2.45, 2.75) is 32.1 Å². The first kappa shape index (κ1) is 25.9. The van der Waals surface area contributed by atoms with Crippen molar-refractivity contribution in [3.8, 4) is 0 Å². The predicted molar refractivity (Wildman–Crippen MR) is 148 cm³/mol. The van der Waals surface area contributed by atoms with Crippen molar-refractivity contribution in [3.63, 3.8) is 0 Å². The minimum Gasteiger partial charge on any atom is -0.691 e. The molecule has 0 bridgehead atoms. The van der Waals surface area contributed by atoms with Crippen LogP contribution in [0.1, 0.15) is 32.3 Å². The van der Waals surface area contributed by atoms with E-state index < -0.39 is 0 Å². The van der Waals surface area contributed by atoms with E-state index in [1.807, 2.05) is 48.7 Å². The Balaban J connectivity index is 1.53. The van der Waals surface area contributed by atoms with Crippen LogP contribution < -0.4 is 10.6 Å². The Hall–Kier alpha value is -3.16. The fraction of sp³-hybridized carbons (Fsp3) is 0.233. The molecule has 186 valence electrons. The van der Waals surface area contributed by atoms with Crippen molar-refractivity contribution < 1.29 is 19.2 Å². The number of benzene rings is 3. The molecule has 1 N–H and O–H groups in total. The Labute approximate surface area is 217 Å². The summed E-state index contributed by atoms with van der Waals surface area (Å²) in [4.78, 5) is 0. The topological polar surface area (TPSA) is 56.6 Å². The predicted octanol–water partition coefficient (Wildman–Crippen LogP) is 6.61. The van der Waals surface area contributed by atoms with Crippen LogP contribution in [0, 0.1) is 0 Å². The molecule has 0 unspecified atom stereocenters. The maximum Gasteiger partial charge on any atom is 0.210 e. The first-order valence-corrected chi connectivity index (χ1v) is 13.1. The van der Waals surface area contributed by atoms with E-state index in [4.69, 9.17) is 0 Å². The molecule has 36 heavy (non-hydrogen) atoms. The zero-order chi connectivity index (χ0) is 25.2. The monoisotopic (exact) mass is 500 g/mol. The van der Waals surface area contributed by atoms with Gasteiger partial charge in [0.15, 0.2) is 5.71 Å². The van der Waals surface area contributed by atoms with Gasteiger partial charge < -0.3 is 10.6 Å². The zero-order valence-electron chi connectivity index (χ0n) is 20.7. The molecular weight excluding hydrogens is 468 g/mol. The van der Waals surface area contributed by atoms with Gasteiger partial charge in [0.1, 0.15) is 6.54 Å². The van der Waals surface area contributed by atoms with Crippen LogP contribution in [0.25, 0.3) is 10.8 Å². The summed E-state index contributed by atoms with van der Waals surface area (Å²) in [7, 11) is 0. The molecule has 0 aromatic heterocycles. The molecule has 0 radical (unpaired) electrons.